The summed E-state index contributed by atoms with van der Waals surface area (Å²) in [7, 11) is -1.24. The largest absolute Gasteiger partial charge is 0.341 e. The number of amides is 1. The second-order valence-corrected chi connectivity index (χ2v) is 10.4. The molecule has 2 aromatic rings. The van der Waals surface area contributed by atoms with Crippen LogP contribution >= 0.6 is 11.3 Å². The number of aryl methyl sites for hydroxylation is 1. The molecule has 2 unspecified atom stereocenters. The summed E-state index contributed by atoms with van der Waals surface area (Å²) in [4.78, 5) is 24.6. The number of hydrogen-bond donors (Lipinski definition) is 0. The summed E-state index contributed by atoms with van der Waals surface area (Å²) >= 11 is 1.64. The number of thiazole rings is 1. The van der Waals surface area contributed by atoms with E-state index in [1.54, 1.807) is 35.7 Å². The van der Waals surface area contributed by atoms with Crippen molar-refractivity contribution in [3.8, 4) is 10.6 Å². The number of carbonyl (C=O) groups is 1. The van der Waals surface area contributed by atoms with E-state index in [9.17, 15) is 13.2 Å². The van der Waals surface area contributed by atoms with Crippen molar-refractivity contribution in [2.24, 2.45) is 5.92 Å². The summed E-state index contributed by atoms with van der Waals surface area (Å²) in [5, 5.41) is 0.950. The number of hydrogen-bond acceptors (Lipinski definition) is 6. The minimum atomic E-state index is -2.99. The van der Waals surface area contributed by atoms with Gasteiger partial charge in [-0.2, -0.15) is 0 Å². The van der Waals surface area contributed by atoms with Crippen LogP contribution < -0.4 is 0 Å². The van der Waals surface area contributed by atoms with E-state index in [0.717, 1.165) is 29.1 Å². The predicted molar refractivity (Wildman–Crippen MR) is 101 cm³/mol. The highest BCUT2D eigenvalue weighted by Gasteiger charge is 2.36. The molecule has 0 saturated carbocycles. The molecule has 2 atom stereocenters. The first-order valence-corrected chi connectivity index (χ1v) is 11.4. The molecule has 1 aliphatic carbocycles. The molecule has 0 aromatic carbocycles. The maximum atomic E-state index is 12.9. The van der Waals surface area contributed by atoms with Crippen LogP contribution in [0.25, 0.3) is 10.6 Å². The van der Waals surface area contributed by atoms with Gasteiger partial charge < -0.3 is 4.90 Å². The highest BCUT2D eigenvalue weighted by molar-refractivity contribution is 7.91. The van der Waals surface area contributed by atoms with Crippen molar-refractivity contribution in [1.29, 1.82) is 0 Å². The summed E-state index contributed by atoms with van der Waals surface area (Å²) < 4.78 is 23.4. The second-order valence-electron chi connectivity index (χ2n) is 7.08. The van der Waals surface area contributed by atoms with Gasteiger partial charge >= 0.3 is 0 Å². The summed E-state index contributed by atoms with van der Waals surface area (Å²) in [6.07, 6.45) is 6.35. The van der Waals surface area contributed by atoms with Gasteiger partial charge in [-0.25, -0.2) is 13.4 Å². The lowest BCUT2D eigenvalue weighted by molar-refractivity contribution is -0.136. The number of aromatic nitrogens is 2. The first kappa shape index (κ1) is 17.6. The number of rotatable bonds is 3. The van der Waals surface area contributed by atoms with Crippen molar-refractivity contribution >= 4 is 27.1 Å². The van der Waals surface area contributed by atoms with Gasteiger partial charge in [-0.15, -0.1) is 11.3 Å². The standard InChI is InChI=1S/C18H21N3O3S2/c1-21(14-6-8-26(23,24)11-14)18(22)12-4-5-15-16(9-12)25-17(20-15)13-3-2-7-19-10-13/h2-3,7,10,12,14H,4-6,8-9,11H2,1H3. The third kappa shape index (κ3) is 3.40. The number of fused-ring (bicyclic) bond motifs is 1. The van der Waals surface area contributed by atoms with Crippen LogP contribution in [-0.4, -0.2) is 53.8 Å². The van der Waals surface area contributed by atoms with E-state index in [0.29, 0.717) is 12.8 Å². The van der Waals surface area contributed by atoms with E-state index < -0.39 is 9.84 Å². The Kier molecular flexibility index (Phi) is 4.56. The van der Waals surface area contributed by atoms with Crippen LogP contribution in [0.15, 0.2) is 24.5 Å². The fourth-order valence-electron chi connectivity index (χ4n) is 3.75. The molecular weight excluding hydrogens is 370 g/mol. The highest BCUT2D eigenvalue weighted by atomic mass is 32.2. The molecular formula is C18H21N3O3S2. The molecule has 6 nitrogen and oxygen atoms in total. The Morgan fingerprint density at radius 2 is 2.19 bits per heavy atom. The van der Waals surface area contributed by atoms with E-state index in [1.807, 2.05) is 12.1 Å². The lowest BCUT2D eigenvalue weighted by Gasteiger charge is -2.29. The monoisotopic (exact) mass is 391 g/mol. The third-order valence-electron chi connectivity index (χ3n) is 5.30. The van der Waals surface area contributed by atoms with Gasteiger partial charge in [-0.3, -0.25) is 9.78 Å². The second kappa shape index (κ2) is 6.74. The average molecular weight is 392 g/mol. The summed E-state index contributed by atoms with van der Waals surface area (Å²) in [5.74, 6) is 0.263. The number of nitrogens with zero attached hydrogens (tertiary/aromatic N) is 3. The first-order chi connectivity index (χ1) is 12.4. The Hall–Kier alpha value is -1.80. The number of pyridine rings is 1. The minimum absolute atomic E-state index is 0.0640. The molecule has 4 rings (SSSR count). The van der Waals surface area contributed by atoms with Crippen LogP contribution in [0, 0.1) is 5.92 Å². The fourth-order valence-corrected chi connectivity index (χ4v) is 6.70. The highest BCUT2D eigenvalue weighted by Crippen LogP contribution is 2.35. The zero-order chi connectivity index (χ0) is 18.3. The van der Waals surface area contributed by atoms with Gasteiger partial charge in [0.2, 0.25) is 5.91 Å². The molecule has 0 bridgehead atoms. The van der Waals surface area contributed by atoms with Gasteiger partial charge in [0, 0.05) is 41.8 Å². The van der Waals surface area contributed by atoms with Gasteiger partial charge in [-0.05, 0) is 37.8 Å². The van der Waals surface area contributed by atoms with Crippen LogP contribution in [0.5, 0.6) is 0 Å². The summed E-state index contributed by atoms with van der Waals surface area (Å²) in [6, 6.07) is 3.71. The summed E-state index contributed by atoms with van der Waals surface area (Å²) in [5.41, 5.74) is 2.09. The van der Waals surface area contributed by atoms with Crippen molar-refractivity contribution in [1.82, 2.24) is 14.9 Å². The molecule has 0 N–H and O–H groups in total. The van der Waals surface area contributed by atoms with Gasteiger partial charge in [0.25, 0.3) is 0 Å². The number of sulfone groups is 1. The molecule has 0 spiro atoms. The van der Waals surface area contributed by atoms with Gasteiger partial charge in [0.1, 0.15) is 5.01 Å². The van der Waals surface area contributed by atoms with E-state index in [2.05, 4.69) is 4.98 Å². The first-order valence-electron chi connectivity index (χ1n) is 8.79. The van der Waals surface area contributed by atoms with E-state index in [4.69, 9.17) is 4.98 Å². The quantitative estimate of drug-likeness (QED) is 0.799. The van der Waals surface area contributed by atoms with Gasteiger partial charge in [-0.1, -0.05) is 0 Å². The molecule has 0 radical (unpaired) electrons. The predicted octanol–water partition coefficient (Wildman–Crippen LogP) is 1.96. The van der Waals surface area contributed by atoms with Crippen molar-refractivity contribution < 1.29 is 13.2 Å². The van der Waals surface area contributed by atoms with E-state index in [1.165, 1.54) is 4.88 Å². The molecule has 8 heteroatoms. The molecule has 1 fully saturated rings. The van der Waals surface area contributed by atoms with Crippen LogP contribution in [0.3, 0.4) is 0 Å². The zero-order valence-electron chi connectivity index (χ0n) is 14.6. The fraction of sp³-hybridized carbons (Fsp3) is 0.500. The zero-order valence-corrected chi connectivity index (χ0v) is 16.2. The van der Waals surface area contributed by atoms with E-state index >= 15 is 0 Å². The van der Waals surface area contributed by atoms with Crippen molar-refractivity contribution in [3.05, 3.63) is 35.1 Å². The Labute approximate surface area is 157 Å². The van der Waals surface area contributed by atoms with Crippen LogP contribution in [0.4, 0.5) is 0 Å². The normalized spacial score (nSPS) is 24.2. The van der Waals surface area contributed by atoms with Gasteiger partial charge in [0.15, 0.2) is 9.84 Å². The Balaban J connectivity index is 1.48. The molecule has 2 aromatic heterocycles. The lowest BCUT2D eigenvalue weighted by atomic mass is 9.89. The Morgan fingerprint density at radius 3 is 2.88 bits per heavy atom. The molecule has 1 aliphatic heterocycles. The Morgan fingerprint density at radius 1 is 1.35 bits per heavy atom. The average Bonchev–Trinajstić information content (AvgIpc) is 3.23. The summed E-state index contributed by atoms with van der Waals surface area (Å²) in [6.45, 7) is 0. The lowest BCUT2D eigenvalue weighted by Crippen LogP contribution is -2.42. The van der Waals surface area contributed by atoms with Gasteiger partial charge in [0.05, 0.1) is 17.2 Å². The minimum Gasteiger partial charge on any atom is -0.341 e. The molecule has 138 valence electrons. The molecule has 1 amide bonds. The van der Waals surface area contributed by atoms with Crippen molar-refractivity contribution in [3.63, 3.8) is 0 Å². The SMILES string of the molecule is CN(C(=O)C1CCc2nc(-c3cccnc3)sc2C1)C1CCS(=O)(=O)C1. The van der Waals surface area contributed by atoms with Crippen LogP contribution in [0.2, 0.25) is 0 Å². The topological polar surface area (TPSA) is 80.2 Å². The third-order valence-corrected chi connectivity index (χ3v) is 8.22. The van der Waals surface area contributed by atoms with Crippen LogP contribution in [-0.2, 0) is 27.5 Å². The number of carbonyl (C=O) groups excluding carboxylic acids is 1. The van der Waals surface area contributed by atoms with Crippen LogP contribution in [0.1, 0.15) is 23.4 Å². The molecule has 3 heterocycles. The van der Waals surface area contributed by atoms with Crippen molar-refractivity contribution in [2.75, 3.05) is 18.6 Å². The maximum absolute atomic E-state index is 12.9. The maximum Gasteiger partial charge on any atom is 0.226 e. The molecule has 1 saturated heterocycles. The Bertz CT molecular complexity index is 924. The smallest absolute Gasteiger partial charge is 0.226 e. The van der Waals surface area contributed by atoms with Crippen molar-refractivity contribution in [2.45, 2.75) is 31.7 Å². The molecule has 26 heavy (non-hydrogen) atoms. The van der Waals surface area contributed by atoms with E-state index in [-0.39, 0.29) is 29.4 Å². The molecule has 2 aliphatic rings.